The lowest BCUT2D eigenvalue weighted by Gasteiger charge is -2.39. The van der Waals surface area contributed by atoms with E-state index in [1.165, 1.54) is 5.56 Å². The molecular weight excluding hydrogens is 176 g/mol. The molecule has 1 aliphatic rings. The molecule has 0 saturated carbocycles. The quantitative estimate of drug-likeness (QED) is 0.620. The lowest BCUT2D eigenvalue weighted by atomic mass is 9.96. The van der Waals surface area contributed by atoms with Gasteiger partial charge in [0.15, 0.2) is 0 Å². The van der Waals surface area contributed by atoms with Crippen molar-refractivity contribution < 1.29 is 0 Å². The maximum atomic E-state index is 3.98. The molecule has 3 N–H and O–H groups in total. The molecule has 0 bridgehead atoms. The average Bonchev–Trinajstić information content (AvgIpc) is 2.64. The molecule has 1 aromatic rings. The third-order valence-electron chi connectivity index (χ3n) is 3.10. The van der Waals surface area contributed by atoms with Crippen molar-refractivity contribution >= 4 is 0 Å². The Balaban J connectivity index is 2.13. The van der Waals surface area contributed by atoms with Gasteiger partial charge in [-0.1, -0.05) is 0 Å². The fourth-order valence-corrected chi connectivity index (χ4v) is 2.04. The second kappa shape index (κ2) is 3.71. The van der Waals surface area contributed by atoms with Gasteiger partial charge >= 0.3 is 0 Å². The molecule has 1 aromatic heterocycles. The molecule has 14 heavy (non-hydrogen) atoms. The fourth-order valence-electron chi connectivity index (χ4n) is 2.04. The molecular formula is C10H18N4. The van der Waals surface area contributed by atoms with Gasteiger partial charge in [-0.15, -0.1) is 0 Å². The van der Waals surface area contributed by atoms with Crippen LogP contribution in [0.2, 0.25) is 0 Å². The molecule has 0 aromatic carbocycles. The van der Waals surface area contributed by atoms with Crippen LogP contribution in [0.25, 0.3) is 0 Å². The third kappa shape index (κ3) is 1.67. The monoisotopic (exact) mass is 194 g/mol. The van der Waals surface area contributed by atoms with Gasteiger partial charge in [0, 0.05) is 29.9 Å². The van der Waals surface area contributed by atoms with Crippen molar-refractivity contribution in [3.8, 4) is 0 Å². The van der Waals surface area contributed by atoms with Crippen LogP contribution in [0.15, 0.2) is 12.4 Å². The number of nitrogens with one attached hydrogen (secondary N) is 3. The minimum Gasteiger partial charge on any atom is -0.308 e. The number of hydrogen-bond donors (Lipinski definition) is 3. The molecule has 0 amide bonds. The molecule has 78 valence electrons. The van der Waals surface area contributed by atoms with Crippen molar-refractivity contribution in [2.75, 3.05) is 0 Å². The lowest BCUT2D eigenvalue weighted by molar-refractivity contribution is 0.240. The van der Waals surface area contributed by atoms with Gasteiger partial charge in [0.25, 0.3) is 0 Å². The van der Waals surface area contributed by atoms with Gasteiger partial charge in [0.2, 0.25) is 0 Å². The summed E-state index contributed by atoms with van der Waals surface area (Å²) in [7, 11) is 0. The Bertz CT molecular complexity index is 282. The summed E-state index contributed by atoms with van der Waals surface area (Å²) in [6.07, 6.45) is 3.84. The first kappa shape index (κ1) is 9.68. The molecule has 0 aliphatic carbocycles. The highest BCUT2D eigenvalue weighted by atomic mass is 15.2. The van der Waals surface area contributed by atoms with E-state index in [-0.39, 0.29) is 0 Å². The molecule has 2 rings (SSSR count). The molecule has 4 heteroatoms. The summed E-state index contributed by atoms with van der Waals surface area (Å²) in [6.45, 7) is 6.61. The molecule has 0 radical (unpaired) electrons. The van der Waals surface area contributed by atoms with Crippen LogP contribution in [0.4, 0.5) is 0 Å². The number of H-pyrrole nitrogens is 1. The van der Waals surface area contributed by atoms with E-state index in [0.717, 1.165) is 0 Å². The van der Waals surface area contributed by atoms with Crippen LogP contribution in [0.3, 0.4) is 0 Å². The predicted molar refractivity (Wildman–Crippen MR) is 56.0 cm³/mol. The van der Waals surface area contributed by atoms with Crippen molar-refractivity contribution in [3.63, 3.8) is 0 Å². The maximum absolute atomic E-state index is 3.98. The van der Waals surface area contributed by atoms with Gasteiger partial charge in [-0.05, 0) is 20.8 Å². The summed E-state index contributed by atoms with van der Waals surface area (Å²) >= 11 is 0. The second-order valence-electron chi connectivity index (χ2n) is 4.21. The number of piperazine rings is 1. The van der Waals surface area contributed by atoms with Crippen molar-refractivity contribution in [2.45, 2.75) is 44.9 Å². The van der Waals surface area contributed by atoms with E-state index in [2.05, 4.69) is 41.6 Å². The molecule has 0 spiro atoms. The van der Waals surface area contributed by atoms with Gasteiger partial charge in [0.05, 0.1) is 12.2 Å². The minimum absolute atomic E-state index is 0.361. The third-order valence-corrected chi connectivity index (χ3v) is 3.10. The van der Waals surface area contributed by atoms with Crippen LogP contribution >= 0.6 is 0 Å². The Morgan fingerprint density at radius 2 is 1.79 bits per heavy atom. The Hall–Kier alpha value is -0.870. The van der Waals surface area contributed by atoms with Crippen LogP contribution in [0, 0.1) is 0 Å². The number of aromatic nitrogens is 2. The van der Waals surface area contributed by atoms with Crippen LogP contribution in [0.5, 0.6) is 0 Å². The van der Waals surface area contributed by atoms with Gasteiger partial charge in [0.1, 0.15) is 0 Å². The highest BCUT2D eigenvalue weighted by Gasteiger charge is 2.30. The van der Waals surface area contributed by atoms with Crippen molar-refractivity contribution in [3.05, 3.63) is 18.0 Å². The average molecular weight is 194 g/mol. The first-order chi connectivity index (χ1) is 6.68. The Morgan fingerprint density at radius 3 is 2.43 bits per heavy atom. The van der Waals surface area contributed by atoms with E-state index < -0.39 is 0 Å². The zero-order chi connectivity index (χ0) is 10.1. The van der Waals surface area contributed by atoms with E-state index in [4.69, 9.17) is 0 Å². The van der Waals surface area contributed by atoms with Crippen LogP contribution < -0.4 is 10.6 Å². The van der Waals surface area contributed by atoms with E-state index >= 15 is 0 Å². The van der Waals surface area contributed by atoms with Crippen molar-refractivity contribution in [2.24, 2.45) is 0 Å². The summed E-state index contributed by atoms with van der Waals surface area (Å²) in [5, 5.41) is 14.0. The highest BCUT2D eigenvalue weighted by Crippen LogP contribution is 2.21. The number of hydrogen-bond acceptors (Lipinski definition) is 3. The summed E-state index contributed by atoms with van der Waals surface area (Å²) in [5.41, 5.74) is 1.23. The van der Waals surface area contributed by atoms with Gasteiger partial charge in [-0.2, -0.15) is 5.10 Å². The number of aromatic amines is 1. The summed E-state index contributed by atoms with van der Waals surface area (Å²) in [6, 6.07) is 1.82. The molecule has 1 fully saturated rings. The van der Waals surface area contributed by atoms with E-state index in [1.54, 1.807) is 0 Å². The van der Waals surface area contributed by atoms with Crippen LogP contribution in [-0.4, -0.2) is 28.3 Å². The zero-order valence-corrected chi connectivity index (χ0v) is 8.91. The Kier molecular flexibility index (Phi) is 2.56. The lowest BCUT2D eigenvalue weighted by Crippen LogP contribution is -2.58. The molecule has 1 aliphatic heterocycles. The standard InChI is InChI=1S/C10H18N4/c1-6-7(2)14-10(8(3)13-6)9-4-11-12-5-9/h4-8,10,13-14H,1-3H3,(H,11,12). The van der Waals surface area contributed by atoms with E-state index in [9.17, 15) is 0 Å². The van der Waals surface area contributed by atoms with Gasteiger partial charge in [-0.25, -0.2) is 0 Å². The van der Waals surface area contributed by atoms with Gasteiger partial charge in [-0.3, -0.25) is 5.10 Å². The van der Waals surface area contributed by atoms with E-state index in [0.29, 0.717) is 24.2 Å². The van der Waals surface area contributed by atoms with E-state index in [1.807, 2.05) is 12.4 Å². The molecule has 2 heterocycles. The molecule has 1 saturated heterocycles. The van der Waals surface area contributed by atoms with Crippen LogP contribution in [0.1, 0.15) is 32.4 Å². The zero-order valence-electron chi connectivity index (χ0n) is 8.91. The van der Waals surface area contributed by atoms with Crippen LogP contribution in [-0.2, 0) is 0 Å². The minimum atomic E-state index is 0.361. The topological polar surface area (TPSA) is 52.7 Å². The smallest absolute Gasteiger partial charge is 0.0535 e. The largest absolute Gasteiger partial charge is 0.308 e. The Morgan fingerprint density at radius 1 is 1.07 bits per heavy atom. The molecule has 4 unspecified atom stereocenters. The summed E-state index contributed by atoms with van der Waals surface area (Å²) in [5.74, 6) is 0. The van der Waals surface area contributed by atoms with Gasteiger partial charge < -0.3 is 10.6 Å². The first-order valence-corrected chi connectivity index (χ1v) is 5.19. The SMILES string of the molecule is CC1NC(C)C(c2cn[nH]c2)NC1C. The normalized spacial score (nSPS) is 38.5. The summed E-state index contributed by atoms with van der Waals surface area (Å²) in [4.78, 5) is 0. The Labute approximate surface area is 84.5 Å². The number of nitrogens with zero attached hydrogens (tertiary/aromatic N) is 1. The molecule has 4 nitrogen and oxygen atoms in total. The highest BCUT2D eigenvalue weighted by molar-refractivity contribution is 5.14. The number of rotatable bonds is 1. The maximum Gasteiger partial charge on any atom is 0.0535 e. The summed E-state index contributed by atoms with van der Waals surface area (Å²) < 4.78 is 0. The molecule has 4 atom stereocenters. The first-order valence-electron chi connectivity index (χ1n) is 5.19. The van der Waals surface area contributed by atoms with Crippen molar-refractivity contribution in [1.29, 1.82) is 0 Å². The predicted octanol–water partition coefficient (Wildman–Crippen LogP) is 0.809. The van der Waals surface area contributed by atoms with Crippen molar-refractivity contribution in [1.82, 2.24) is 20.8 Å². The second-order valence-corrected chi connectivity index (χ2v) is 4.21. The fraction of sp³-hybridized carbons (Fsp3) is 0.700.